The lowest BCUT2D eigenvalue weighted by Gasteiger charge is -2.30. The number of nitrogens with one attached hydrogen (secondary N) is 1. The third-order valence-electron chi connectivity index (χ3n) is 3.58. The zero-order valence-electron chi connectivity index (χ0n) is 11.8. The van der Waals surface area contributed by atoms with Crippen LogP contribution in [0.15, 0.2) is 30.3 Å². The summed E-state index contributed by atoms with van der Waals surface area (Å²) >= 11 is 5.05. The van der Waals surface area contributed by atoms with Gasteiger partial charge in [-0.05, 0) is 25.3 Å². The molecule has 0 bridgehead atoms. The van der Waals surface area contributed by atoms with Crippen molar-refractivity contribution in [3.8, 4) is 0 Å². The van der Waals surface area contributed by atoms with Crippen molar-refractivity contribution in [2.75, 3.05) is 0 Å². The Hall–Kier alpha value is -1.42. The lowest BCUT2D eigenvalue weighted by atomic mass is 9.92. The van der Waals surface area contributed by atoms with E-state index in [1.165, 1.54) is 0 Å². The van der Waals surface area contributed by atoms with Crippen LogP contribution in [-0.2, 0) is 4.79 Å². The van der Waals surface area contributed by atoms with E-state index < -0.39 is 5.54 Å². The summed E-state index contributed by atoms with van der Waals surface area (Å²) in [5, 5.41) is 2.99. The highest BCUT2D eigenvalue weighted by Crippen LogP contribution is 2.21. The van der Waals surface area contributed by atoms with Crippen LogP contribution in [0.4, 0.5) is 0 Å². The van der Waals surface area contributed by atoms with E-state index in [0.29, 0.717) is 11.4 Å². The molecular formula is C15H22N2OS. The molecule has 3 nitrogen and oxygen atoms in total. The molecule has 1 amide bonds. The van der Waals surface area contributed by atoms with Crippen LogP contribution in [0.2, 0.25) is 0 Å². The molecule has 0 fully saturated rings. The third kappa shape index (κ3) is 3.77. The van der Waals surface area contributed by atoms with Gasteiger partial charge in [-0.3, -0.25) is 4.79 Å². The maximum atomic E-state index is 12.4. The predicted molar refractivity (Wildman–Crippen MR) is 83.1 cm³/mol. The summed E-state index contributed by atoms with van der Waals surface area (Å²) in [6, 6.07) is 9.77. The third-order valence-corrected chi connectivity index (χ3v) is 4.03. The Morgan fingerprint density at radius 2 is 1.95 bits per heavy atom. The van der Waals surface area contributed by atoms with Gasteiger partial charge in [0.1, 0.15) is 0 Å². The maximum Gasteiger partial charge on any atom is 0.228 e. The minimum Gasteiger partial charge on any atom is -0.391 e. The zero-order valence-corrected chi connectivity index (χ0v) is 12.6. The first kappa shape index (κ1) is 15.6. The fourth-order valence-electron chi connectivity index (χ4n) is 1.94. The lowest BCUT2D eigenvalue weighted by molar-refractivity contribution is -0.123. The first-order valence-electron chi connectivity index (χ1n) is 6.61. The van der Waals surface area contributed by atoms with Crippen LogP contribution in [0, 0.1) is 0 Å². The first-order valence-corrected chi connectivity index (χ1v) is 7.02. The number of nitrogens with two attached hydrogens (primary N) is 1. The van der Waals surface area contributed by atoms with Gasteiger partial charge in [0.25, 0.3) is 0 Å². The van der Waals surface area contributed by atoms with Crippen molar-refractivity contribution in [3.05, 3.63) is 35.9 Å². The molecule has 0 heterocycles. The van der Waals surface area contributed by atoms with Gasteiger partial charge in [-0.2, -0.15) is 0 Å². The van der Waals surface area contributed by atoms with Gasteiger partial charge in [0, 0.05) is 0 Å². The van der Waals surface area contributed by atoms with E-state index in [2.05, 4.69) is 5.32 Å². The molecule has 0 aromatic heterocycles. The van der Waals surface area contributed by atoms with Crippen molar-refractivity contribution in [3.63, 3.8) is 0 Å². The average molecular weight is 278 g/mol. The van der Waals surface area contributed by atoms with Gasteiger partial charge in [-0.1, -0.05) is 56.4 Å². The first-order chi connectivity index (χ1) is 8.94. The summed E-state index contributed by atoms with van der Waals surface area (Å²) < 4.78 is 0. The molecule has 1 aromatic rings. The molecule has 2 atom stereocenters. The maximum absolute atomic E-state index is 12.4. The molecule has 0 aliphatic heterocycles. The van der Waals surface area contributed by atoms with E-state index in [0.717, 1.165) is 12.0 Å². The Balaban J connectivity index is 2.89. The standard InChI is InChI=1S/C15H22N2OS/c1-4-12(11-9-7-6-8-10-11)13(18)17-15(3,5-2)14(16)19/h6-10,12H,4-5H2,1-3H3,(H2,16,19)(H,17,18). The zero-order chi connectivity index (χ0) is 14.5. The van der Waals surface area contributed by atoms with E-state index in [9.17, 15) is 4.79 Å². The monoisotopic (exact) mass is 278 g/mol. The Kier molecular flexibility index (Phi) is 5.48. The second-order valence-corrected chi connectivity index (χ2v) is 5.35. The molecule has 4 heteroatoms. The highest BCUT2D eigenvalue weighted by Gasteiger charge is 2.30. The van der Waals surface area contributed by atoms with Crippen LogP contribution in [0.1, 0.15) is 45.1 Å². The van der Waals surface area contributed by atoms with Gasteiger partial charge in [0.05, 0.1) is 16.4 Å². The molecule has 0 saturated heterocycles. The summed E-state index contributed by atoms with van der Waals surface area (Å²) in [7, 11) is 0. The number of thiocarbonyl (C=S) groups is 1. The van der Waals surface area contributed by atoms with Crippen molar-refractivity contribution < 1.29 is 4.79 Å². The average Bonchev–Trinajstić information content (AvgIpc) is 2.40. The number of benzene rings is 1. The van der Waals surface area contributed by atoms with Crippen LogP contribution in [-0.4, -0.2) is 16.4 Å². The minimum absolute atomic E-state index is 0.0224. The van der Waals surface area contributed by atoms with Crippen LogP contribution in [0.3, 0.4) is 0 Å². The van der Waals surface area contributed by atoms with Gasteiger partial charge in [-0.15, -0.1) is 0 Å². The van der Waals surface area contributed by atoms with Gasteiger partial charge < -0.3 is 11.1 Å². The van der Waals surface area contributed by atoms with E-state index in [1.807, 2.05) is 51.1 Å². The van der Waals surface area contributed by atoms with Crippen LogP contribution in [0.25, 0.3) is 0 Å². The Morgan fingerprint density at radius 3 is 2.37 bits per heavy atom. The smallest absolute Gasteiger partial charge is 0.228 e. The van der Waals surface area contributed by atoms with Crippen molar-refractivity contribution in [1.29, 1.82) is 0 Å². The molecular weight excluding hydrogens is 256 g/mol. The summed E-state index contributed by atoms with van der Waals surface area (Å²) in [5.74, 6) is -0.188. The normalized spacial score (nSPS) is 15.3. The van der Waals surface area contributed by atoms with Crippen molar-refractivity contribution in [2.45, 2.75) is 45.1 Å². The second kappa shape index (κ2) is 6.66. The van der Waals surface area contributed by atoms with Gasteiger partial charge in [0.2, 0.25) is 5.91 Å². The fourth-order valence-corrected chi connectivity index (χ4v) is 2.14. The largest absolute Gasteiger partial charge is 0.391 e. The second-order valence-electron chi connectivity index (χ2n) is 4.91. The molecule has 1 rings (SSSR count). The topological polar surface area (TPSA) is 55.1 Å². The number of carbonyl (C=O) groups is 1. The number of carbonyl (C=O) groups excluding carboxylic acids is 1. The molecule has 0 radical (unpaired) electrons. The molecule has 0 aliphatic rings. The molecule has 104 valence electrons. The Morgan fingerprint density at radius 1 is 1.37 bits per heavy atom. The minimum atomic E-state index is -0.616. The van der Waals surface area contributed by atoms with E-state index in [-0.39, 0.29) is 11.8 Å². The van der Waals surface area contributed by atoms with E-state index in [4.69, 9.17) is 18.0 Å². The van der Waals surface area contributed by atoms with E-state index in [1.54, 1.807) is 0 Å². The van der Waals surface area contributed by atoms with Crippen LogP contribution >= 0.6 is 12.2 Å². The van der Waals surface area contributed by atoms with Gasteiger partial charge in [0.15, 0.2) is 0 Å². The number of hydrogen-bond donors (Lipinski definition) is 2. The van der Waals surface area contributed by atoms with E-state index >= 15 is 0 Å². The van der Waals surface area contributed by atoms with Crippen molar-refractivity contribution in [1.82, 2.24) is 5.32 Å². The molecule has 0 aliphatic carbocycles. The van der Waals surface area contributed by atoms with Crippen molar-refractivity contribution >= 4 is 23.1 Å². The number of rotatable bonds is 6. The SMILES string of the molecule is CCC(C(=O)NC(C)(CC)C(N)=S)c1ccccc1. The molecule has 0 saturated carbocycles. The highest BCUT2D eigenvalue weighted by atomic mass is 32.1. The summed E-state index contributed by atoms with van der Waals surface area (Å²) in [6.45, 7) is 5.83. The summed E-state index contributed by atoms with van der Waals surface area (Å²) in [4.78, 5) is 12.8. The van der Waals surface area contributed by atoms with Crippen molar-refractivity contribution in [2.24, 2.45) is 5.73 Å². The fraction of sp³-hybridized carbons (Fsp3) is 0.467. The Labute approximate surface area is 120 Å². The lowest BCUT2D eigenvalue weighted by Crippen LogP contribution is -2.55. The number of hydrogen-bond acceptors (Lipinski definition) is 2. The summed E-state index contributed by atoms with van der Waals surface area (Å²) in [5.41, 5.74) is 6.13. The molecule has 2 unspecified atom stereocenters. The van der Waals surface area contributed by atoms with Crippen LogP contribution < -0.4 is 11.1 Å². The van der Waals surface area contributed by atoms with Gasteiger partial charge in [-0.25, -0.2) is 0 Å². The Bertz CT molecular complexity index is 447. The van der Waals surface area contributed by atoms with Gasteiger partial charge >= 0.3 is 0 Å². The highest BCUT2D eigenvalue weighted by molar-refractivity contribution is 7.80. The quantitative estimate of drug-likeness (QED) is 0.787. The predicted octanol–water partition coefficient (Wildman–Crippen LogP) is 2.75. The van der Waals surface area contributed by atoms with Crippen LogP contribution in [0.5, 0.6) is 0 Å². The molecule has 1 aromatic carbocycles. The summed E-state index contributed by atoms with van der Waals surface area (Å²) in [6.07, 6.45) is 1.42. The molecule has 19 heavy (non-hydrogen) atoms. The number of amides is 1. The molecule has 0 spiro atoms. The molecule has 3 N–H and O–H groups in total.